The lowest BCUT2D eigenvalue weighted by Gasteiger charge is -2.27. The minimum atomic E-state index is 0.684. The van der Waals surface area contributed by atoms with Crippen LogP contribution in [-0.4, -0.2) is 46.6 Å². The van der Waals surface area contributed by atoms with Crippen LogP contribution in [0.1, 0.15) is 18.4 Å². The van der Waals surface area contributed by atoms with Gasteiger partial charge in [0.25, 0.3) is 0 Å². The summed E-state index contributed by atoms with van der Waals surface area (Å²) in [4.78, 5) is 2.30. The Bertz CT molecular complexity index is 430. The summed E-state index contributed by atoms with van der Waals surface area (Å²) in [7, 11) is 3.46. The Hall–Kier alpha value is -0.810. The predicted octanol–water partition coefficient (Wildman–Crippen LogP) is 2.69. The third-order valence-corrected chi connectivity index (χ3v) is 3.91. The molecule has 0 spiro atoms. The highest BCUT2D eigenvalue weighted by atomic mass is 35.5. The average molecular weight is 313 g/mol. The molecule has 0 aliphatic heterocycles. The Morgan fingerprint density at radius 3 is 2.43 bits per heavy atom. The Kier molecular flexibility index (Phi) is 6.77. The van der Waals surface area contributed by atoms with Crippen LogP contribution in [0.2, 0.25) is 5.02 Å². The molecule has 0 saturated heterocycles. The molecular weight excluding hydrogens is 288 g/mol. The van der Waals surface area contributed by atoms with E-state index in [1.807, 2.05) is 6.07 Å². The van der Waals surface area contributed by atoms with Crippen LogP contribution >= 0.6 is 11.6 Å². The van der Waals surface area contributed by atoms with Gasteiger partial charge in [-0.15, -0.1) is 0 Å². The average Bonchev–Trinajstić information content (AvgIpc) is 3.30. The number of ether oxygens (including phenoxy) is 2. The Morgan fingerprint density at radius 2 is 1.86 bits per heavy atom. The number of anilines is 1. The highest BCUT2D eigenvalue weighted by Crippen LogP contribution is 2.26. The van der Waals surface area contributed by atoms with Gasteiger partial charge in [0.2, 0.25) is 0 Å². The zero-order valence-corrected chi connectivity index (χ0v) is 13.7. The van der Waals surface area contributed by atoms with Crippen molar-refractivity contribution in [2.45, 2.75) is 25.4 Å². The Labute approximate surface area is 132 Å². The fourth-order valence-corrected chi connectivity index (χ4v) is 2.50. The standard InChI is InChI=1S/C16H25ClN2O2/c1-20-9-7-19(8-10-21-2)16-6-3-14(17)11-13(16)12-18-15-4-5-15/h3,6,11,15,18H,4-5,7-10,12H2,1-2H3. The molecule has 0 heterocycles. The molecule has 0 aromatic heterocycles. The van der Waals surface area contributed by atoms with Crippen molar-refractivity contribution in [3.63, 3.8) is 0 Å². The number of nitrogens with one attached hydrogen (secondary N) is 1. The quantitative estimate of drug-likeness (QED) is 0.720. The van der Waals surface area contributed by atoms with Crippen LogP contribution in [0.4, 0.5) is 5.69 Å². The summed E-state index contributed by atoms with van der Waals surface area (Å²) < 4.78 is 10.4. The summed E-state index contributed by atoms with van der Waals surface area (Å²) in [6, 6.07) is 6.78. The van der Waals surface area contributed by atoms with Crippen molar-refractivity contribution < 1.29 is 9.47 Å². The van der Waals surface area contributed by atoms with Crippen LogP contribution in [0, 0.1) is 0 Å². The molecule has 118 valence electrons. The van der Waals surface area contributed by atoms with E-state index < -0.39 is 0 Å². The van der Waals surface area contributed by atoms with Gasteiger partial charge in [-0.2, -0.15) is 0 Å². The second kappa shape index (κ2) is 8.59. The van der Waals surface area contributed by atoms with Crippen molar-refractivity contribution >= 4 is 17.3 Å². The summed E-state index contributed by atoms with van der Waals surface area (Å²) in [5.41, 5.74) is 2.45. The van der Waals surface area contributed by atoms with Crippen molar-refractivity contribution in [2.75, 3.05) is 45.4 Å². The monoisotopic (exact) mass is 312 g/mol. The molecule has 0 bridgehead atoms. The molecule has 1 aliphatic carbocycles. The number of methoxy groups -OCH3 is 2. The zero-order valence-electron chi connectivity index (χ0n) is 12.9. The normalized spacial score (nSPS) is 14.4. The van der Waals surface area contributed by atoms with Gasteiger partial charge in [0.15, 0.2) is 0 Å². The third kappa shape index (κ3) is 5.47. The molecule has 5 heteroatoms. The van der Waals surface area contributed by atoms with Gasteiger partial charge >= 0.3 is 0 Å². The maximum Gasteiger partial charge on any atom is 0.0637 e. The number of nitrogens with zero attached hydrogens (tertiary/aromatic N) is 1. The van der Waals surface area contributed by atoms with Crippen molar-refractivity contribution in [3.05, 3.63) is 28.8 Å². The molecule has 0 amide bonds. The molecular formula is C16H25ClN2O2. The highest BCUT2D eigenvalue weighted by molar-refractivity contribution is 6.30. The lowest BCUT2D eigenvalue weighted by molar-refractivity contribution is 0.190. The smallest absolute Gasteiger partial charge is 0.0637 e. The highest BCUT2D eigenvalue weighted by Gasteiger charge is 2.21. The number of benzene rings is 1. The van der Waals surface area contributed by atoms with Crippen molar-refractivity contribution in [3.8, 4) is 0 Å². The van der Waals surface area contributed by atoms with Gasteiger partial charge in [-0.1, -0.05) is 11.6 Å². The van der Waals surface area contributed by atoms with E-state index in [9.17, 15) is 0 Å². The van der Waals surface area contributed by atoms with Crippen molar-refractivity contribution in [1.82, 2.24) is 5.32 Å². The minimum absolute atomic E-state index is 0.684. The van der Waals surface area contributed by atoms with E-state index in [-0.39, 0.29) is 0 Å². The van der Waals surface area contributed by atoms with Gasteiger partial charge in [-0.3, -0.25) is 0 Å². The van der Waals surface area contributed by atoms with Crippen LogP contribution in [0.15, 0.2) is 18.2 Å². The lowest BCUT2D eigenvalue weighted by Crippen LogP contribution is -2.32. The fraction of sp³-hybridized carbons (Fsp3) is 0.625. The van der Waals surface area contributed by atoms with Gasteiger partial charge in [0, 0.05) is 50.6 Å². The fourth-order valence-electron chi connectivity index (χ4n) is 2.30. The number of halogens is 1. The number of hydrogen-bond acceptors (Lipinski definition) is 4. The molecule has 1 fully saturated rings. The van der Waals surface area contributed by atoms with Crippen LogP contribution in [0.25, 0.3) is 0 Å². The first-order valence-electron chi connectivity index (χ1n) is 7.49. The first kappa shape index (κ1) is 16.6. The maximum absolute atomic E-state index is 6.17. The third-order valence-electron chi connectivity index (χ3n) is 3.67. The van der Waals surface area contributed by atoms with Crippen LogP contribution in [0.3, 0.4) is 0 Å². The largest absolute Gasteiger partial charge is 0.383 e. The second-order valence-corrected chi connectivity index (χ2v) is 5.84. The summed E-state index contributed by atoms with van der Waals surface area (Å²) in [6.45, 7) is 3.94. The van der Waals surface area contributed by atoms with E-state index in [0.29, 0.717) is 19.3 Å². The summed E-state index contributed by atoms with van der Waals surface area (Å²) in [6.07, 6.45) is 2.57. The molecule has 21 heavy (non-hydrogen) atoms. The topological polar surface area (TPSA) is 33.7 Å². The molecule has 1 aromatic carbocycles. The lowest BCUT2D eigenvalue weighted by atomic mass is 10.1. The molecule has 0 radical (unpaired) electrons. The van der Waals surface area contributed by atoms with Crippen molar-refractivity contribution in [1.29, 1.82) is 0 Å². The minimum Gasteiger partial charge on any atom is -0.383 e. The summed E-state index contributed by atoms with van der Waals surface area (Å²) >= 11 is 6.17. The van der Waals surface area contributed by atoms with Gasteiger partial charge in [-0.05, 0) is 36.6 Å². The summed E-state index contributed by atoms with van der Waals surface area (Å²) in [5, 5.41) is 4.34. The maximum atomic E-state index is 6.17. The Balaban J connectivity index is 2.10. The van der Waals surface area contributed by atoms with Gasteiger partial charge < -0.3 is 19.7 Å². The SMILES string of the molecule is COCCN(CCOC)c1ccc(Cl)cc1CNC1CC1. The van der Waals surface area contributed by atoms with E-state index >= 15 is 0 Å². The van der Waals surface area contributed by atoms with Gasteiger partial charge in [0.05, 0.1) is 13.2 Å². The van der Waals surface area contributed by atoms with E-state index in [4.69, 9.17) is 21.1 Å². The molecule has 1 aliphatic rings. The van der Waals surface area contributed by atoms with Gasteiger partial charge in [0.1, 0.15) is 0 Å². The molecule has 4 nitrogen and oxygen atoms in total. The predicted molar refractivity (Wildman–Crippen MR) is 87.3 cm³/mol. The first-order chi connectivity index (χ1) is 10.2. The first-order valence-corrected chi connectivity index (χ1v) is 7.87. The summed E-state index contributed by atoms with van der Waals surface area (Å²) in [5.74, 6) is 0. The number of hydrogen-bond donors (Lipinski definition) is 1. The zero-order chi connectivity index (χ0) is 15.1. The van der Waals surface area contributed by atoms with Crippen LogP contribution in [-0.2, 0) is 16.0 Å². The van der Waals surface area contributed by atoms with E-state index in [0.717, 1.165) is 24.7 Å². The van der Waals surface area contributed by atoms with E-state index in [1.165, 1.54) is 24.1 Å². The molecule has 2 rings (SSSR count). The van der Waals surface area contributed by atoms with Crippen molar-refractivity contribution in [2.24, 2.45) is 0 Å². The molecule has 1 N–H and O–H groups in total. The molecule has 1 saturated carbocycles. The second-order valence-electron chi connectivity index (χ2n) is 5.40. The van der Waals surface area contributed by atoms with Crippen LogP contribution in [0.5, 0.6) is 0 Å². The molecule has 0 atom stereocenters. The van der Waals surface area contributed by atoms with Gasteiger partial charge in [-0.25, -0.2) is 0 Å². The Morgan fingerprint density at radius 1 is 1.19 bits per heavy atom. The molecule has 0 unspecified atom stereocenters. The van der Waals surface area contributed by atoms with E-state index in [1.54, 1.807) is 14.2 Å². The molecule has 1 aromatic rings. The van der Waals surface area contributed by atoms with Crippen LogP contribution < -0.4 is 10.2 Å². The van der Waals surface area contributed by atoms with E-state index in [2.05, 4.69) is 22.3 Å². The number of rotatable bonds is 10.